The molecule has 1 aromatic heterocycles. The molecule has 1 fully saturated rings. The van der Waals surface area contributed by atoms with Gasteiger partial charge in [-0.3, -0.25) is 0 Å². The molecule has 3 N–H and O–H groups in total. The van der Waals surface area contributed by atoms with Crippen LogP contribution in [0, 0.1) is 0 Å². The van der Waals surface area contributed by atoms with Crippen molar-refractivity contribution in [2.24, 2.45) is 5.73 Å². The molecule has 21 heavy (non-hydrogen) atoms. The number of aromatic nitrogens is 2. The van der Waals surface area contributed by atoms with Crippen molar-refractivity contribution in [3.05, 3.63) is 30.5 Å². The molecular weight excluding hydrogens is 268 g/mol. The molecule has 110 valence electrons. The van der Waals surface area contributed by atoms with E-state index in [1.807, 2.05) is 24.3 Å². The van der Waals surface area contributed by atoms with Crippen molar-refractivity contribution >= 4 is 22.9 Å². The highest BCUT2D eigenvalue weighted by molar-refractivity contribution is 5.86. The SMILES string of the molecule is NC1CCCC(N(C(=O)O)c2ncc3ccccc3n2)C1. The summed E-state index contributed by atoms with van der Waals surface area (Å²) in [6, 6.07) is 7.44. The van der Waals surface area contributed by atoms with Crippen molar-refractivity contribution in [3.8, 4) is 0 Å². The zero-order chi connectivity index (χ0) is 14.8. The van der Waals surface area contributed by atoms with Gasteiger partial charge in [-0.05, 0) is 31.7 Å². The summed E-state index contributed by atoms with van der Waals surface area (Å²) in [7, 11) is 0. The number of amides is 1. The third-order valence-corrected chi connectivity index (χ3v) is 3.95. The summed E-state index contributed by atoms with van der Waals surface area (Å²) in [6.45, 7) is 0. The fraction of sp³-hybridized carbons (Fsp3) is 0.400. The summed E-state index contributed by atoms with van der Waals surface area (Å²) in [5.41, 5.74) is 6.72. The second-order valence-electron chi connectivity index (χ2n) is 5.46. The fourth-order valence-electron chi connectivity index (χ4n) is 2.92. The highest BCUT2D eigenvalue weighted by Gasteiger charge is 2.31. The van der Waals surface area contributed by atoms with Crippen molar-refractivity contribution in [3.63, 3.8) is 0 Å². The molecule has 1 aliphatic carbocycles. The molecule has 1 saturated carbocycles. The molecule has 1 aromatic carbocycles. The van der Waals surface area contributed by atoms with Crippen LogP contribution in [0.3, 0.4) is 0 Å². The molecule has 3 rings (SSSR count). The molecule has 0 radical (unpaired) electrons. The Bertz CT molecular complexity index is 661. The molecule has 1 amide bonds. The Morgan fingerprint density at radius 3 is 2.90 bits per heavy atom. The largest absolute Gasteiger partial charge is 0.465 e. The summed E-state index contributed by atoms with van der Waals surface area (Å²) in [6.07, 6.45) is 3.98. The molecule has 1 heterocycles. The monoisotopic (exact) mass is 286 g/mol. The Morgan fingerprint density at radius 2 is 2.14 bits per heavy atom. The number of para-hydroxylation sites is 1. The number of hydrogen-bond acceptors (Lipinski definition) is 4. The van der Waals surface area contributed by atoms with E-state index in [1.54, 1.807) is 6.20 Å². The van der Waals surface area contributed by atoms with E-state index in [-0.39, 0.29) is 18.0 Å². The van der Waals surface area contributed by atoms with Crippen molar-refractivity contribution in [2.45, 2.75) is 37.8 Å². The topological polar surface area (TPSA) is 92.3 Å². The van der Waals surface area contributed by atoms with Crippen LogP contribution in [-0.2, 0) is 0 Å². The summed E-state index contributed by atoms with van der Waals surface area (Å²) >= 11 is 0. The maximum atomic E-state index is 11.6. The molecule has 2 atom stereocenters. The Balaban J connectivity index is 1.96. The van der Waals surface area contributed by atoms with Crippen molar-refractivity contribution < 1.29 is 9.90 Å². The first-order chi connectivity index (χ1) is 10.1. The minimum atomic E-state index is -1.02. The van der Waals surface area contributed by atoms with E-state index in [0.717, 1.165) is 30.2 Å². The summed E-state index contributed by atoms with van der Waals surface area (Å²) < 4.78 is 0. The zero-order valence-corrected chi connectivity index (χ0v) is 11.6. The smallest absolute Gasteiger partial charge is 0.414 e. The number of nitrogens with zero attached hydrogens (tertiary/aromatic N) is 3. The van der Waals surface area contributed by atoms with E-state index in [2.05, 4.69) is 9.97 Å². The minimum absolute atomic E-state index is 0.0473. The number of nitrogens with two attached hydrogens (primary N) is 1. The molecule has 6 nitrogen and oxygen atoms in total. The molecule has 2 unspecified atom stereocenters. The van der Waals surface area contributed by atoms with Crippen LogP contribution in [0.5, 0.6) is 0 Å². The number of fused-ring (bicyclic) bond motifs is 1. The predicted octanol–water partition coefficient (Wildman–Crippen LogP) is 2.38. The van der Waals surface area contributed by atoms with Crippen LogP contribution < -0.4 is 10.6 Å². The lowest BCUT2D eigenvalue weighted by Crippen LogP contribution is -2.46. The normalized spacial score (nSPS) is 22.1. The van der Waals surface area contributed by atoms with Gasteiger partial charge in [0, 0.05) is 23.7 Å². The Kier molecular flexibility index (Phi) is 3.70. The average Bonchev–Trinajstić information content (AvgIpc) is 2.47. The first-order valence-electron chi connectivity index (χ1n) is 7.14. The number of benzene rings is 1. The number of carbonyl (C=O) groups is 1. The third-order valence-electron chi connectivity index (χ3n) is 3.95. The molecule has 6 heteroatoms. The van der Waals surface area contributed by atoms with Crippen LogP contribution >= 0.6 is 0 Å². The second kappa shape index (κ2) is 5.65. The first-order valence-corrected chi connectivity index (χ1v) is 7.14. The van der Waals surface area contributed by atoms with E-state index in [1.165, 1.54) is 4.90 Å². The fourth-order valence-corrected chi connectivity index (χ4v) is 2.92. The molecule has 0 aliphatic heterocycles. The molecule has 0 saturated heterocycles. The summed E-state index contributed by atoms with van der Waals surface area (Å²) in [5.74, 6) is 0.236. The van der Waals surface area contributed by atoms with Crippen LogP contribution in [0.25, 0.3) is 10.9 Å². The lowest BCUT2D eigenvalue weighted by molar-refractivity contribution is 0.195. The van der Waals surface area contributed by atoms with Gasteiger partial charge in [0.25, 0.3) is 0 Å². The van der Waals surface area contributed by atoms with E-state index in [4.69, 9.17) is 5.73 Å². The summed E-state index contributed by atoms with van der Waals surface area (Å²) in [5, 5.41) is 10.4. The van der Waals surface area contributed by atoms with Gasteiger partial charge in [-0.15, -0.1) is 0 Å². The Labute approximate surface area is 122 Å². The molecular formula is C15H18N4O2. The van der Waals surface area contributed by atoms with Gasteiger partial charge in [-0.2, -0.15) is 0 Å². The Morgan fingerprint density at radius 1 is 1.33 bits per heavy atom. The van der Waals surface area contributed by atoms with Crippen LogP contribution in [0.2, 0.25) is 0 Å². The van der Waals surface area contributed by atoms with E-state index in [9.17, 15) is 9.90 Å². The van der Waals surface area contributed by atoms with Gasteiger partial charge in [0.1, 0.15) is 0 Å². The molecule has 0 spiro atoms. The average molecular weight is 286 g/mol. The van der Waals surface area contributed by atoms with Gasteiger partial charge in [0.15, 0.2) is 0 Å². The van der Waals surface area contributed by atoms with Crippen LogP contribution in [0.15, 0.2) is 30.5 Å². The maximum Gasteiger partial charge on any atom is 0.414 e. The lowest BCUT2D eigenvalue weighted by atomic mass is 9.91. The minimum Gasteiger partial charge on any atom is -0.465 e. The van der Waals surface area contributed by atoms with Gasteiger partial charge in [-0.25, -0.2) is 19.7 Å². The van der Waals surface area contributed by atoms with E-state index < -0.39 is 6.09 Å². The number of hydrogen-bond donors (Lipinski definition) is 2. The van der Waals surface area contributed by atoms with E-state index in [0.29, 0.717) is 6.42 Å². The van der Waals surface area contributed by atoms with Crippen molar-refractivity contribution in [1.82, 2.24) is 9.97 Å². The molecule has 2 aromatic rings. The van der Waals surface area contributed by atoms with Crippen molar-refractivity contribution in [2.75, 3.05) is 4.90 Å². The van der Waals surface area contributed by atoms with Gasteiger partial charge >= 0.3 is 6.09 Å². The second-order valence-corrected chi connectivity index (χ2v) is 5.46. The number of anilines is 1. The zero-order valence-electron chi connectivity index (χ0n) is 11.6. The number of carboxylic acid groups (broad SMARTS) is 1. The molecule has 1 aliphatic rings. The van der Waals surface area contributed by atoms with Crippen LogP contribution in [0.1, 0.15) is 25.7 Å². The van der Waals surface area contributed by atoms with E-state index >= 15 is 0 Å². The first kappa shape index (κ1) is 13.8. The standard InChI is InChI=1S/C15H18N4O2/c16-11-5-3-6-12(8-11)19(15(20)21)14-17-9-10-4-1-2-7-13(10)18-14/h1-2,4,7,9,11-12H,3,5-6,8,16H2,(H,20,21). The van der Waals surface area contributed by atoms with Gasteiger partial charge in [0.2, 0.25) is 5.95 Å². The predicted molar refractivity (Wildman–Crippen MR) is 80.3 cm³/mol. The third kappa shape index (κ3) is 2.80. The maximum absolute atomic E-state index is 11.6. The Hall–Kier alpha value is -2.21. The lowest BCUT2D eigenvalue weighted by Gasteiger charge is -2.33. The van der Waals surface area contributed by atoms with Gasteiger partial charge < -0.3 is 10.8 Å². The van der Waals surface area contributed by atoms with Crippen LogP contribution in [0.4, 0.5) is 10.7 Å². The van der Waals surface area contributed by atoms with Gasteiger partial charge in [0.05, 0.1) is 5.52 Å². The highest BCUT2D eigenvalue weighted by atomic mass is 16.4. The highest BCUT2D eigenvalue weighted by Crippen LogP contribution is 2.26. The number of rotatable bonds is 2. The van der Waals surface area contributed by atoms with Gasteiger partial charge in [-0.1, -0.05) is 18.2 Å². The van der Waals surface area contributed by atoms with Crippen LogP contribution in [-0.4, -0.2) is 33.3 Å². The quantitative estimate of drug-likeness (QED) is 0.884. The van der Waals surface area contributed by atoms with Crippen molar-refractivity contribution in [1.29, 1.82) is 0 Å². The molecule has 0 bridgehead atoms. The summed E-state index contributed by atoms with van der Waals surface area (Å²) in [4.78, 5) is 21.5.